The van der Waals surface area contributed by atoms with Crippen molar-refractivity contribution in [3.8, 4) is 5.75 Å². The van der Waals surface area contributed by atoms with Crippen molar-refractivity contribution < 1.29 is 14.6 Å². The minimum Gasteiger partial charge on any atom is -0.497 e. The predicted molar refractivity (Wildman–Crippen MR) is 91.8 cm³/mol. The Bertz CT molecular complexity index is 432. The van der Waals surface area contributed by atoms with E-state index < -0.39 is 0 Å². The van der Waals surface area contributed by atoms with Crippen molar-refractivity contribution >= 4 is 0 Å². The highest BCUT2D eigenvalue weighted by molar-refractivity contribution is 5.27. The zero-order valence-electron chi connectivity index (χ0n) is 14.4. The van der Waals surface area contributed by atoms with E-state index >= 15 is 0 Å². The normalized spacial score (nSPS) is 17.4. The lowest BCUT2D eigenvalue weighted by molar-refractivity contribution is 0.0290. The molecule has 0 radical (unpaired) electrons. The van der Waals surface area contributed by atoms with Crippen LogP contribution < -0.4 is 4.74 Å². The number of rotatable bonds is 9. The molecule has 1 aromatic rings. The second-order valence-corrected chi connectivity index (χ2v) is 6.10. The first-order chi connectivity index (χ1) is 11.2. The molecule has 1 atom stereocenters. The Labute approximate surface area is 139 Å². The number of ether oxygens (including phenoxy) is 2. The third-order valence-electron chi connectivity index (χ3n) is 4.34. The number of morpholine rings is 1. The Morgan fingerprint density at radius 2 is 1.96 bits per heavy atom. The van der Waals surface area contributed by atoms with E-state index in [0.717, 1.165) is 58.1 Å². The summed E-state index contributed by atoms with van der Waals surface area (Å²) in [6, 6.07) is 8.18. The first-order valence-electron chi connectivity index (χ1n) is 8.54. The van der Waals surface area contributed by atoms with Crippen LogP contribution in [0.25, 0.3) is 0 Å². The van der Waals surface area contributed by atoms with E-state index in [4.69, 9.17) is 9.47 Å². The highest BCUT2D eigenvalue weighted by Crippen LogP contribution is 2.13. The summed E-state index contributed by atoms with van der Waals surface area (Å²) in [4.78, 5) is 4.77. The number of methoxy groups -OCH3 is 1. The van der Waals surface area contributed by atoms with Crippen LogP contribution in [0.4, 0.5) is 0 Å². The van der Waals surface area contributed by atoms with E-state index in [1.807, 2.05) is 19.1 Å². The topological polar surface area (TPSA) is 45.2 Å². The molecule has 1 unspecified atom stereocenters. The van der Waals surface area contributed by atoms with Gasteiger partial charge in [-0.3, -0.25) is 9.80 Å². The lowest BCUT2D eigenvalue weighted by atomic mass is 10.2. The maximum atomic E-state index is 10.0. The molecule has 130 valence electrons. The summed E-state index contributed by atoms with van der Waals surface area (Å²) in [5.41, 5.74) is 1.25. The molecule has 0 saturated carbocycles. The molecule has 0 amide bonds. The molecule has 1 aliphatic rings. The van der Waals surface area contributed by atoms with Gasteiger partial charge < -0.3 is 14.6 Å². The summed E-state index contributed by atoms with van der Waals surface area (Å²) >= 11 is 0. The smallest absolute Gasteiger partial charge is 0.118 e. The zero-order chi connectivity index (χ0) is 16.5. The fraction of sp³-hybridized carbons (Fsp3) is 0.667. The van der Waals surface area contributed by atoms with Crippen molar-refractivity contribution in [1.82, 2.24) is 9.80 Å². The largest absolute Gasteiger partial charge is 0.497 e. The Hall–Kier alpha value is -1.14. The van der Waals surface area contributed by atoms with E-state index in [9.17, 15) is 5.11 Å². The number of hydrogen-bond acceptors (Lipinski definition) is 5. The van der Waals surface area contributed by atoms with Crippen molar-refractivity contribution in [3.05, 3.63) is 29.8 Å². The first-order valence-corrected chi connectivity index (χ1v) is 8.54. The van der Waals surface area contributed by atoms with Crippen LogP contribution in [0.1, 0.15) is 18.9 Å². The molecule has 0 bridgehead atoms. The molecule has 1 saturated heterocycles. The molecule has 2 rings (SSSR count). The standard InChI is InChI=1S/C18H30N2O3/c1-3-17(21)15-20(9-8-19-10-12-23-13-11-19)14-16-4-6-18(22-2)7-5-16/h4-7,17,21H,3,8-15H2,1-2H3. The van der Waals surface area contributed by atoms with Gasteiger partial charge in [0.2, 0.25) is 0 Å². The molecule has 1 N–H and O–H groups in total. The van der Waals surface area contributed by atoms with Gasteiger partial charge in [0.1, 0.15) is 5.75 Å². The number of benzene rings is 1. The molecule has 1 fully saturated rings. The van der Waals surface area contributed by atoms with Crippen LogP contribution in [0.3, 0.4) is 0 Å². The van der Waals surface area contributed by atoms with Crippen molar-refractivity contribution in [3.63, 3.8) is 0 Å². The summed E-state index contributed by atoms with van der Waals surface area (Å²) in [5.74, 6) is 0.877. The Kier molecular flexibility index (Phi) is 7.82. The Morgan fingerprint density at radius 1 is 1.26 bits per heavy atom. The molecule has 1 aliphatic heterocycles. The highest BCUT2D eigenvalue weighted by Gasteiger charge is 2.15. The van der Waals surface area contributed by atoms with Crippen LogP contribution in [0.5, 0.6) is 5.75 Å². The molecule has 0 spiro atoms. The van der Waals surface area contributed by atoms with Crippen molar-refractivity contribution in [2.24, 2.45) is 0 Å². The minimum absolute atomic E-state index is 0.266. The fourth-order valence-electron chi connectivity index (χ4n) is 2.76. The van der Waals surface area contributed by atoms with Gasteiger partial charge in [-0.2, -0.15) is 0 Å². The molecule has 1 heterocycles. The van der Waals surface area contributed by atoms with Gasteiger partial charge >= 0.3 is 0 Å². The maximum absolute atomic E-state index is 10.0. The summed E-state index contributed by atoms with van der Waals surface area (Å²) in [6.45, 7) is 9.25. The molecular weight excluding hydrogens is 292 g/mol. The Morgan fingerprint density at radius 3 is 2.57 bits per heavy atom. The van der Waals surface area contributed by atoms with E-state index in [0.29, 0.717) is 6.54 Å². The maximum Gasteiger partial charge on any atom is 0.118 e. The van der Waals surface area contributed by atoms with Gasteiger partial charge in [-0.1, -0.05) is 19.1 Å². The molecule has 5 heteroatoms. The van der Waals surface area contributed by atoms with Crippen LogP contribution in [-0.4, -0.2) is 74.1 Å². The quantitative estimate of drug-likeness (QED) is 0.748. The van der Waals surface area contributed by atoms with Gasteiger partial charge in [0.15, 0.2) is 0 Å². The average Bonchev–Trinajstić information content (AvgIpc) is 2.61. The first kappa shape index (κ1) is 18.2. The summed E-state index contributed by atoms with van der Waals surface area (Å²) < 4.78 is 10.6. The summed E-state index contributed by atoms with van der Waals surface area (Å²) in [7, 11) is 1.68. The molecule has 0 aromatic heterocycles. The van der Waals surface area contributed by atoms with Crippen LogP contribution in [0, 0.1) is 0 Å². The lowest BCUT2D eigenvalue weighted by Crippen LogP contribution is -2.42. The fourth-order valence-corrected chi connectivity index (χ4v) is 2.76. The van der Waals surface area contributed by atoms with Gasteiger partial charge in [0.25, 0.3) is 0 Å². The third-order valence-corrected chi connectivity index (χ3v) is 4.34. The number of aliphatic hydroxyl groups is 1. The SMILES string of the molecule is CCC(O)CN(CCN1CCOCC1)Cc1ccc(OC)cc1. The van der Waals surface area contributed by atoms with Gasteiger partial charge in [-0.05, 0) is 24.1 Å². The van der Waals surface area contributed by atoms with Gasteiger partial charge in [0.05, 0.1) is 26.4 Å². The van der Waals surface area contributed by atoms with Crippen LogP contribution in [-0.2, 0) is 11.3 Å². The van der Waals surface area contributed by atoms with Crippen molar-refractivity contribution in [2.75, 3.05) is 53.0 Å². The average molecular weight is 322 g/mol. The van der Waals surface area contributed by atoms with Crippen LogP contribution >= 0.6 is 0 Å². The molecule has 5 nitrogen and oxygen atoms in total. The van der Waals surface area contributed by atoms with E-state index in [-0.39, 0.29) is 6.10 Å². The summed E-state index contributed by atoms with van der Waals surface area (Å²) in [5, 5.41) is 10.0. The van der Waals surface area contributed by atoms with Crippen molar-refractivity contribution in [1.29, 1.82) is 0 Å². The van der Waals surface area contributed by atoms with E-state index in [1.54, 1.807) is 7.11 Å². The van der Waals surface area contributed by atoms with Crippen LogP contribution in [0.15, 0.2) is 24.3 Å². The Balaban J connectivity index is 1.89. The second kappa shape index (κ2) is 9.88. The second-order valence-electron chi connectivity index (χ2n) is 6.10. The monoisotopic (exact) mass is 322 g/mol. The summed E-state index contributed by atoms with van der Waals surface area (Å²) in [6.07, 6.45) is 0.523. The van der Waals surface area contributed by atoms with Crippen LogP contribution in [0.2, 0.25) is 0 Å². The van der Waals surface area contributed by atoms with E-state index in [2.05, 4.69) is 21.9 Å². The number of nitrogens with zero attached hydrogens (tertiary/aromatic N) is 2. The predicted octanol–water partition coefficient (Wildman–Crippen LogP) is 1.60. The third kappa shape index (κ3) is 6.47. The molecule has 23 heavy (non-hydrogen) atoms. The van der Waals surface area contributed by atoms with Crippen molar-refractivity contribution in [2.45, 2.75) is 26.0 Å². The van der Waals surface area contributed by atoms with Gasteiger partial charge in [-0.25, -0.2) is 0 Å². The van der Waals surface area contributed by atoms with Gasteiger partial charge in [0, 0.05) is 39.3 Å². The molecule has 0 aliphatic carbocycles. The lowest BCUT2D eigenvalue weighted by Gasteiger charge is -2.31. The van der Waals surface area contributed by atoms with Gasteiger partial charge in [-0.15, -0.1) is 0 Å². The van der Waals surface area contributed by atoms with E-state index in [1.165, 1.54) is 5.56 Å². The zero-order valence-corrected chi connectivity index (χ0v) is 14.4. The number of aliphatic hydroxyl groups excluding tert-OH is 1. The minimum atomic E-state index is -0.266. The number of hydrogen-bond donors (Lipinski definition) is 1. The molecular formula is C18H30N2O3. The molecule has 1 aromatic carbocycles. The highest BCUT2D eigenvalue weighted by atomic mass is 16.5.